The van der Waals surface area contributed by atoms with Crippen molar-refractivity contribution in [1.29, 1.82) is 0 Å². The average molecular weight is 468 g/mol. The number of ether oxygens (including phenoxy) is 2. The van der Waals surface area contributed by atoms with E-state index < -0.39 is 0 Å². The summed E-state index contributed by atoms with van der Waals surface area (Å²) in [5.41, 5.74) is 0. The van der Waals surface area contributed by atoms with E-state index in [1.54, 1.807) is 0 Å². The second kappa shape index (κ2) is 13.1. The Morgan fingerprint density at radius 3 is 2.76 bits per heavy atom. The quantitative estimate of drug-likeness (QED) is 0.243. The van der Waals surface area contributed by atoms with E-state index >= 15 is 0 Å². The summed E-state index contributed by atoms with van der Waals surface area (Å²) in [6, 6.07) is 0.663. The number of halogens is 1. The summed E-state index contributed by atoms with van der Waals surface area (Å²) < 4.78 is 11.1. The molecule has 0 aromatic carbocycles. The van der Waals surface area contributed by atoms with Gasteiger partial charge in [-0.2, -0.15) is 0 Å². The Bertz CT molecular complexity index is 374. The smallest absolute Gasteiger partial charge is 0.193 e. The van der Waals surface area contributed by atoms with Crippen molar-refractivity contribution in [3.05, 3.63) is 0 Å². The second-order valence-electron chi connectivity index (χ2n) is 6.74. The zero-order chi connectivity index (χ0) is 17.2. The van der Waals surface area contributed by atoms with Crippen LogP contribution in [0.4, 0.5) is 0 Å². The highest BCUT2D eigenvalue weighted by Gasteiger charge is 2.27. The fourth-order valence-electron chi connectivity index (χ4n) is 3.64. The van der Waals surface area contributed by atoms with Crippen LogP contribution in [0, 0.1) is 5.92 Å². The first kappa shape index (κ1) is 22.9. The molecule has 2 atom stereocenters. The van der Waals surface area contributed by atoms with Gasteiger partial charge in [0.2, 0.25) is 0 Å². The van der Waals surface area contributed by atoms with Gasteiger partial charge < -0.3 is 19.7 Å². The summed E-state index contributed by atoms with van der Waals surface area (Å²) in [5, 5.41) is 3.49. The first-order valence-electron chi connectivity index (χ1n) is 9.63. The molecule has 0 aromatic rings. The van der Waals surface area contributed by atoms with Crippen LogP contribution in [0.5, 0.6) is 0 Å². The molecule has 148 valence electrons. The number of nitrogens with zero attached hydrogens (tertiary/aromatic N) is 3. The van der Waals surface area contributed by atoms with E-state index in [0.29, 0.717) is 12.0 Å². The minimum atomic E-state index is 0. The van der Waals surface area contributed by atoms with Gasteiger partial charge in [0.25, 0.3) is 0 Å². The maximum absolute atomic E-state index is 5.76. The number of guanidine groups is 1. The van der Waals surface area contributed by atoms with E-state index in [1.165, 1.54) is 6.42 Å². The summed E-state index contributed by atoms with van der Waals surface area (Å²) in [7, 11) is 1.88. The molecule has 25 heavy (non-hydrogen) atoms. The largest absolute Gasteiger partial charge is 0.381 e. The van der Waals surface area contributed by atoms with E-state index in [-0.39, 0.29) is 24.0 Å². The first-order valence-corrected chi connectivity index (χ1v) is 9.63. The highest BCUT2D eigenvalue weighted by Crippen LogP contribution is 2.15. The van der Waals surface area contributed by atoms with Crippen LogP contribution in [0.1, 0.15) is 33.1 Å². The van der Waals surface area contributed by atoms with E-state index in [9.17, 15) is 0 Å². The van der Waals surface area contributed by atoms with Gasteiger partial charge in [0.1, 0.15) is 0 Å². The Hall–Kier alpha value is -0.120. The SMILES string of the molecule is CCN(CC)C1CCN(C(=NC)NCCCOCC2CCOC2)C1.I. The third kappa shape index (κ3) is 7.56. The summed E-state index contributed by atoms with van der Waals surface area (Å²) >= 11 is 0. The van der Waals surface area contributed by atoms with E-state index in [1.807, 2.05) is 7.05 Å². The number of aliphatic imine (C=N–C) groups is 1. The van der Waals surface area contributed by atoms with Crippen molar-refractivity contribution in [3.8, 4) is 0 Å². The zero-order valence-electron chi connectivity index (χ0n) is 16.2. The minimum absolute atomic E-state index is 0. The molecule has 2 rings (SSSR count). The van der Waals surface area contributed by atoms with E-state index in [4.69, 9.17) is 9.47 Å². The maximum atomic E-state index is 5.76. The van der Waals surface area contributed by atoms with Crippen molar-refractivity contribution >= 4 is 29.9 Å². The molecule has 0 saturated carbocycles. The van der Waals surface area contributed by atoms with Crippen molar-refractivity contribution < 1.29 is 9.47 Å². The highest BCUT2D eigenvalue weighted by atomic mass is 127. The monoisotopic (exact) mass is 468 g/mol. The molecule has 2 unspecified atom stereocenters. The van der Waals surface area contributed by atoms with Crippen LogP contribution in [0.3, 0.4) is 0 Å². The van der Waals surface area contributed by atoms with Crippen molar-refractivity contribution in [2.75, 3.05) is 66.2 Å². The number of likely N-dealkylation sites (N-methyl/N-ethyl adjacent to an activating group) is 1. The fourth-order valence-corrected chi connectivity index (χ4v) is 3.64. The van der Waals surface area contributed by atoms with Crippen molar-refractivity contribution in [2.24, 2.45) is 10.9 Å². The Balaban J connectivity index is 0.00000312. The van der Waals surface area contributed by atoms with Crippen LogP contribution in [-0.4, -0.2) is 88.0 Å². The summed E-state index contributed by atoms with van der Waals surface area (Å²) in [6.45, 7) is 13.3. The van der Waals surface area contributed by atoms with Crippen LogP contribution >= 0.6 is 24.0 Å². The molecule has 0 aromatic heterocycles. The number of rotatable bonds is 9. The van der Waals surface area contributed by atoms with Crippen LogP contribution in [0.15, 0.2) is 4.99 Å². The van der Waals surface area contributed by atoms with Gasteiger partial charge in [-0.3, -0.25) is 9.89 Å². The van der Waals surface area contributed by atoms with Crippen molar-refractivity contribution in [3.63, 3.8) is 0 Å². The third-order valence-corrected chi connectivity index (χ3v) is 5.13. The summed E-state index contributed by atoms with van der Waals surface area (Å²) in [6.07, 6.45) is 3.39. The Kier molecular flexibility index (Phi) is 12.0. The molecule has 2 aliphatic rings. The van der Waals surface area contributed by atoms with Gasteiger partial charge >= 0.3 is 0 Å². The molecule has 0 bridgehead atoms. The van der Waals surface area contributed by atoms with Gasteiger partial charge in [0.15, 0.2) is 5.96 Å². The molecule has 2 aliphatic heterocycles. The van der Waals surface area contributed by atoms with E-state index in [0.717, 1.165) is 78.0 Å². The van der Waals surface area contributed by atoms with Gasteiger partial charge in [-0.1, -0.05) is 13.8 Å². The van der Waals surface area contributed by atoms with Crippen LogP contribution in [0.2, 0.25) is 0 Å². The third-order valence-electron chi connectivity index (χ3n) is 5.13. The predicted octanol–water partition coefficient (Wildman–Crippen LogP) is 2.04. The van der Waals surface area contributed by atoms with Crippen LogP contribution < -0.4 is 5.32 Å². The van der Waals surface area contributed by atoms with Gasteiger partial charge in [-0.25, -0.2) is 0 Å². The second-order valence-corrected chi connectivity index (χ2v) is 6.74. The van der Waals surface area contributed by atoms with Crippen molar-refractivity contribution in [1.82, 2.24) is 15.1 Å². The molecule has 0 aliphatic carbocycles. The van der Waals surface area contributed by atoms with Crippen LogP contribution in [0.25, 0.3) is 0 Å². The normalized spacial score (nSPS) is 24.0. The first-order chi connectivity index (χ1) is 11.8. The predicted molar refractivity (Wildman–Crippen MR) is 114 cm³/mol. The Morgan fingerprint density at radius 1 is 1.32 bits per heavy atom. The lowest BCUT2D eigenvalue weighted by atomic mass is 10.1. The minimum Gasteiger partial charge on any atom is -0.381 e. The number of likely N-dealkylation sites (tertiary alicyclic amines) is 1. The average Bonchev–Trinajstić information content (AvgIpc) is 3.27. The van der Waals surface area contributed by atoms with Crippen LogP contribution in [-0.2, 0) is 9.47 Å². The number of hydrogen-bond acceptors (Lipinski definition) is 4. The molecule has 1 N–H and O–H groups in total. The van der Waals surface area contributed by atoms with Crippen molar-refractivity contribution in [2.45, 2.75) is 39.2 Å². The Morgan fingerprint density at radius 2 is 2.12 bits per heavy atom. The van der Waals surface area contributed by atoms with Gasteiger partial charge in [-0.15, -0.1) is 24.0 Å². The van der Waals surface area contributed by atoms with E-state index in [2.05, 4.69) is 34.0 Å². The maximum Gasteiger partial charge on any atom is 0.193 e. The molecule has 0 spiro atoms. The fraction of sp³-hybridized carbons (Fsp3) is 0.944. The summed E-state index contributed by atoms with van der Waals surface area (Å²) in [5.74, 6) is 1.64. The van der Waals surface area contributed by atoms with Gasteiger partial charge in [0.05, 0.1) is 13.2 Å². The lowest BCUT2D eigenvalue weighted by molar-refractivity contribution is 0.0887. The number of nitrogens with one attached hydrogen (secondary N) is 1. The topological polar surface area (TPSA) is 49.3 Å². The molecule has 0 radical (unpaired) electrons. The lowest BCUT2D eigenvalue weighted by Gasteiger charge is -2.27. The molecule has 0 amide bonds. The molecule has 6 nitrogen and oxygen atoms in total. The lowest BCUT2D eigenvalue weighted by Crippen LogP contribution is -2.43. The number of hydrogen-bond donors (Lipinski definition) is 1. The molecular weight excluding hydrogens is 431 g/mol. The molecule has 7 heteroatoms. The highest BCUT2D eigenvalue weighted by molar-refractivity contribution is 14.0. The molecule has 2 saturated heterocycles. The standard InChI is InChI=1S/C18H36N4O2.HI/c1-4-21(5-2)17-7-10-22(13-17)18(19-3)20-9-6-11-23-14-16-8-12-24-15-16;/h16-17H,4-15H2,1-3H3,(H,19,20);1H. The summed E-state index contributed by atoms with van der Waals surface area (Å²) in [4.78, 5) is 9.39. The Labute approximate surface area is 170 Å². The molecule has 2 fully saturated rings. The van der Waals surface area contributed by atoms with Gasteiger partial charge in [-0.05, 0) is 32.4 Å². The van der Waals surface area contributed by atoms with Gasteiger partial charge in [0, 0.05) is 51.9 Å². The molecular formula is C18H37IN4O2. The zero-order valence-corrected chi connectivity index (χ0v) is 18.5. The molecule has 2 heterocycles.